The van der Waals surface area contributed by atoms with Gasteiger partial charge >= 0.3 is 0 Å². The maximum atomic E-state index is 12.7. The van der Waals surface area contributed by atoms with Gasteiger partial charge in [0.15, 0.2) is 0 Å². The molecule has 3 heterocycles. The van der Waals surface area contributed by atoms with E-state index in [4.69, 9.17) is 21.0 Å². The van der Waals surface area contributed by atoms with Gasteiger partial charge in [0, 0.05) is 23.2 Å². The minimum Gasteiger partial charge on any atom is -0.467 e. The highest BCUT2D eigenvalue weighted by atomic mass is 35.5. The molecule has 0 unspecified atom stereocenters. The van der Waals surface area contributed by atoms with Gasteiger partial charge in [-0.05, 0) is 31.2 Å². The molecule has 1 aromatic carbocycles. The van der Waals surface area contributed by atoms with Crippen LogP contribution in [0.5, 0.6) is 0 Å². The average molecular weight is 438 g/mol. The van der Waals surface area contributed by atoms with Crippen LogP contribution in [0.1, 0.15) is 21.8 Å². The molecule has 0 saturated carbocycles. The third kappa shape index (κ3) is 3.97. The normalized spacial score (nSPS) is 10.9. The van der Waals surface area contributed by atoms with E-state index in [2.05, 4.69) is 11.9 Å². The Morgan fingerprint density at radius 1 is 1.33 bits per heavy atom. The average Bonchev–Trinajstić information content (AvgIpc) is 3.49. The van der Waals surface area contributed by atoms with Crippen molar-refractivity contribution in [1.82, 2.24) is 14.9 Å². The van der Waals surface area contributed by atoms with Gasteiger partial charge in [0.1, 0.15) is 10.8 Å². The van der Waals surface area contributed by atoms with Gasteiger partial charge < -0.3 is 14.3 Å². The lowest BCUT2D eigenvalue weighted by atomic mass is 10.2. The number of rotatable bonds is 7. The van der Waals surface area contributed by atoms with Crippen LogP contribution < -0.4 is 5.32 Å². The van der Waals surface area contributed by atoms with Crippen LogP contribution in [0.25, 0.3) is 22.0 Å². The molecule has 1 amide bonds. The predicted octanol–water partition coefficient (Wildman–Crippen LogP) is 5.80. The van der Waals surface area contributed by atoms with Crippen LogP contribution in [0.4, 0.5) is 0 Å². The first-order chi connectivity index (χ1) is 14.6. The number of nitrogens with zero attached hydrogens (tertiary/aromatic N) is 2. The van der Waals surface area contributed by atoms with Gasteiger partial charge in [-0.1, -0.05) is 35.9 Å². The highest BCUT2D eigenvalue weighted by Gasteiger charge is 2.21. The van der Waals surface area contributed by atoms with Gasteiger partial charge in [-0.2, -0.15) is 0 Å². The quantitative estimate of drug-likeness (QED) is 0.372. The van der Waals surface area contributed by atoms with E-state index in [9.17, 15) is 4.79 Å². The highest BCUT2D eigenvalue weighted by Crippen LogP contribution is 2.34. The van der Waals surface area contributed by atoms with Crippen molar-refractivity contribution < 1.29 is 9.21 Å². The zero-order valence-electron chi connectivity index (χ0n) is 16.4. The first-order valence-corrected chi connectivity index (χ1v) is 10.7. The number of hydrogen-bond donors (Lipinski definition) is 1. The molecule has 0 radical (unpaired) electrons. The van der Waals surface area contributed by atoms with E-state index in [0.29, 0.717) is 23.7 Å². The van der Waals surface area contributed by atoms with Gasteiger partial charge in [-0.25, -0.2) is 4.98 Å². The minimum atomic E-state index is -0.145. The van der Waals surface area contributed by atoms with Crippen molar-refractivity contribution in [1.29, 1.82) is 0 Å². The van der Waals surface area contributed by atoms with Crippen molar-refractivity contribution in [3.05, 3.63) is 88.8 Å². The van der Waals surface area contributed by atoms with Crippen LogP contribution in [0.3, 0.4) is 0 Å². The number of halogens is 1. The van der Waals surface area contributed by atoms with Crippen LogP contribution in [0, 0.1) is 6.92 Å². The van der Waals surface area contributed by atoms with E-state index in [1.54, 1.807) is 12.3 Å². The van der Waals surface area contributed by atoms with E-state index in [1.165, 1.54) is 11.3 Å². The number of thiazole rings is 1. The first kappa shape index (κ1) is 20.2. The summed E-state index contributed by atoms with van der Waals surface area (Å²) >= 11 is 7.87. The molecule has 0 spiro atoms. The zero-order chi connectivity index (χ0) is 21.1. The fraction of sp³-hybridized carbons (Fsp3) is 0.130. The number of benzene rings is 1. The molecular formula is C23H20ClN3O2S. The van der Waals surface area contributed by atoms with Crippen LogP contribution in [-0.2, 0) is 6.54 Å². The number of amides is 1. The van der Waals surface area contributed by atoms with E-state index < -0.39 is 0 Å². The van der Waals surface area contributed by atoms with Crippen LogP contribution in [0.15, 0.2) is 71.2 Å². The summed E-state index contributed by atoms with van der Waals surface area (Å²) in [7, 11) is 0. The Labute approximate surface area is 183 Å². The summed E-state index contributed by atoms with van der Waals surface area (Å²) in [6.45, 7) is 6.49. The van der Waals surface area contributed by atoms with Crippen molar-refractivity contribution in [3.63, 3.8) is 0 Å². The summed E-state index contributed by atoms with van der Waals surface area (Å²) in [4.78, 5) is 17.5. The lowest BCUT2D eigenvalue weighted by Gasteiger charge is -2.09. The summed E-state index contributed by atoms with van der Waals surface area (Å²) in [6, 6.07) is 13.3. The second kappa shape index (κ2) is 8.73. The van der Waals surface area contributed by atoms with E-state index in [1.807, 2.05) is 59.3 Å². The van der Waals surface area contributed by atoms with Crippen molar-refractivity contribution in [2.45, 2.75) is 13.5 Å². The smallest absolute Gasteiger partial charge is 0.253 e. The van der Waals surface area contributed by atoms with Crippen molar-refractivity contribution in [3.8, 4) is 22.0 Å². The second-order valence-electron chi connectivity index (χ2n) is 6.71. The Kier molecular flexibility index (Phi) is 5.88. The Morgan fingerprint density at radius 3 is 2.90 bits per heavy atom. The number of carbonyl (C=O) groups is 1. The fourth-order valence-corrected chi connectivity index (χ4v) is 4.39. The monoisotopic (exact) mass is 437 g/mol. The van der Waals surface area contributed by atoms with E-state index >= 15 is 0 Å². The van der Waals surface area contributed by atoms with Crippen molar-refractivity contribution in [2.24, 2.45) is 0 Å². The third-order valence-electron chi connectivity index (χ3n) is 4.78. The molecule has 5 nitrogen and oxygen atoms in total. The fourth-order valence-electron chi connectivity index (χ4n) is 3.26. The van der Waals surface area contributed by atoms with Crippen LogP contribution in [-0.4, -0.2) is 22.0 Å². The molecule has 0 aliphatic carbocycles. The maximum absolute atomic E-state index is 12.7. The highest BCUT2D eigenvalue weighted by molar-refractivity contribution is 7.13. The summed E-state index contributed by atoms with van der Waals surface area (Å²) < 4.78 is 7.59. The zero-order valence-corrected chi connectivity index (χ0v) is 18.0. The van der Waals surface area contributed by atoms with Gasteiger partial charge in [0.05, 0.1) is 34.8 Å². The molecule has 0 fully saturated rings. The Balaban J connectivity index is 1.77. The number of carbonyl (C=O) groups excluding carboxylic acids is 1. The number of hydrogen-bond acceptors (Lipinski definition) is 4. The van der Waals surface area contributed by atoms with Gasteiger partial charge in [0.25, 0.3) is 5.91 Å². The largest absolute Gasteiger partial charge is 0.467 e. The topological polar surface area (TPSA) is 60.1 Å². The predicted molar refractivity (Wildman–Crippen MR) is 121 cm³/mol. The van der Waals surface area contributed by atoms with Gasteiger partial charge in [-0.3, -0.25) is 4.79 Å². The Hall–Kier alpha value is -3.09. The first-order valence-electron chi connectivity index (χ1n) is 9.41. The molecule has 0 aliphatic heterocycles. The van der Waals surface area contributed by atoms with Gasteiger partial charge in [-0.15, -0.1) is 17.9 Å². The minimum absolute atomic E-state index is 0.145. The second-order valence-corrected chi connectivity index (χ2v) is 7.98. The van der Waals surface area contributed by atoms with Crippen LogP contribution >= 0.6 is 22.9 Å². The molecular weight excluding hydrogens is 418 g/mol. The maximum Gasteiger partial charge on any atom is 0.253 e. The molecule has 3 aromatic heterocycles. The molecule has 4 rings (SSSR count). The number of nitrogens with one attached hydrogen (secondary N) is 1. The summed E-state index contributed by atoms with van der Waals surface area (Å²) in [5.74, 6) is 0.656. The summed E-state index contributed by atoms with van der Waals surface area (Å²) in [5.41, 5.74) is 3.97. The Bertz CT molecular complexity index is 1190. The lowest BCUT2D eigenvalue weighted by Crippen LogP contribution is -2.23. The SMILES string of the molecule is C=CCNC(=O)c1cc(-c2csc(-c3ccccc3Cl)n2)n(Cc2ccco2)c1C. The number of aromatic nitrogens is 2. The Morgan fingerprint density at radius 2 is 2.17 bits per heavy atom. The van der Waals surface area contributed by atoms with E-state index in [-0.39, 0.29) is 5.91 Å². The molecule has 0 atom stereocenters. The molecule has 30 heavy (non-hydrogen) atoms. The number of furan rings is 1. The standard InChI is InChI=1S/C23H20ClN3O2S/c1-3-10-25-22(28)18-12-21(27(15(18)2)13-16-7-6-11-29-16)20-14-30-23(26-20)17-8-4-5-9-19(17)24/h3-9,11-12,14H,1,10,13H2,2H3,(H,25,28). The molecule has 0 bridgehead atoms. The lowest BCUT2D eigenvalue weighted by molar-refractivity contribution is 0.0957. The molecule has 152 valence electrons. The summed E-state index contributed by atoms with van der Waals surface area (Å²) in [5, 5.41) is 6.32. The summed E-state index contributed by atoms with van der Waals surface area (Å²) in [6.07, 6.45) is 3.30. The molecule has 0 saturated heterocycles. The molecule has 7 heteroatoms. The molecule has 1 N–H and O–H groups in total. The van der Waals surface area contributed by atoms with Gasteiger partial charge in [0.2, 0.25) is 0 Å². The van der Waals surface area contributed by atoms with Crippen LogP contribution in [0.2, 0.25) is 5.02 Å². The van der Waals surface area contributed by atoms with Crippen molar-refractivity contribution >= 4 is 28.8 Å². The third-order valence-corrected chi connectivity index (χ3v) is 5.99. The van der Waals surface area contributed by atoms with E-state index in [0.717, 1.165) is 33.4 Å². The van der Waals surface area contributed by atoms with Crippen molar-refractivity contribution in [2.75, 3.05) is 6.54 Å². The molecule has 0 aliphatic rings. The molecule has 4 aromatic rings.